The second kappa shape index (κ2) is 8.25. The second-order valence-corrected chi connectivity index (χ2v) is 8.53. The van der Waals surface area contributed by atoms with E-state index >= 15 is 0 Å². The normalized spacial score (nSPS) is 17.7. The summed E-state index contributed by atoms with van der Waals surface area (Å²) in [7, 11) is 1.51. The van der Waals surface area contributed by atoms with Crippen molar-refractivity contribution < 1.29 is 28.2 Å². The van der Waals surface area contributed by atoms with Gasteiger partial charge >= 0.3 is 5.63 Å². The van der Waals surface area contributed by atoms with Crippen molar-refractivity contribution in [3.63, 3.8) is 0 Å². The lowest BCUT2D eigenvalue weighted by atomic mass is 9.87. The number of hydrogen-bond acceptors (Lipinski definition) is 7. The number of para-hydroxylation sites is 1. The molecule has 3 aromatic carbocycles. The van der Waals surface area contributed by atoms with Gasteiger partial charge in [0.25, 0.3) is 5.91 Å². The Morgan fingerprint density at radius 1 is 1.06 bits per heavy atom. The fourth-order valence-electron chi connectivity index (χ4n) is 4.50. The van der Waals surface area contributed by atoms with E-state index in [0.717, 1.165) is 0 Å². The average molecular weight is 492 g/mol. The zero-order chi connectivity index (χ0) is 24.1. The van der Waals surface area contributed by atoms with Crippen LogP contribution >= 0.6 is 11.6 Å². The van der Waals surface area contributed by atoms with Crippen molar-refractivity contribution in [3.05, 3.63) is 87.2 Å². The highest BCUT2D eigenvalue weighted by molar-refractivity contribution is 6.30. The van der Waals surface area contributed by atoms with Crippen molar-refractivity contribution in [1.82, 2.24) is 0 Å². The van der Waals surface area contributed by atoms with Crippen LogP contribution in [0.15, 0.2) is 69.9 Å². The van der Waals surface area contributed by atoms with Crippen molar-refractivity contribution in [3.8, 4) is 23.0 Å². The Bertz CT molecular complexity index is 1530. The lowest BCUT2D eigenvalue weighted by Crippen LogP contribution is -2.35. The van der Waals surface area contributed by atoms with E-state index in [-0.39, 0.29) is 12.4 Å². The van der Waals surface area contributed by atoms with Gasteiger partial charge in [-0.1, -0.05) is 23.7 Å². The van der Waals surface area contributed by atoms with Gasteiger partial charge in [-0.15, -0.1) is 0 Å². The molecule has 0 spiro atoms. The number of carbonyl (C=O) groups is 1. The van der Waals surface area contributed by atoms with Gasteiger partial charge in [0.1, 0.15) is 11.3 Å². The van der Waals surface area contributed by atoms with E-state index in [2.05, 4.69) is 5.32 Å². The first-order valence-electron chi connectivity index (χ1n) is 10.8. The Balaban J connectivity index is 1.51. The molecule has 1 N–H and O–H groups in total. The quantitative estimate of drug-likeness (QED) is 0.413. The first kappa shape index (κ1) is 21.4. The van der Waals surface area contributed by atoms with E-state index < -0.39 is 23.6 Å². The molecule has 1 aromatic heterocycles. The molecule has 0 radical (unpaired) electrons. The Labute approximate surface area is 203 Å². The highest BCUT2D eigenvalue weighted by Crippen LogP contribution is 2.49. The number of rotatable bonds is 4. The van der Waals surface area contributed by atoms with Crippen LogP contribution in [-0.4, -0.2) is 25.9 Å². The zero-order valence-corrected chi connectivity index (χ0v) is 19.1. The topological polar surface area (TPSA) is 96.2 Å². The van der Waals surface area contributed by atoms with E-state index in [1.165, 1.54) is 7.11 Å². The third-order valence-electron chi connectivity index (χ3n) is 6.07. The lowest BCUT2D eigenvalue weighted by molar-refractivity contribution is -0.122. The fourth-order valence-corrected chi connectivity index (χ4v) is 4.63. The van der Waals surface area contributed by atoms with Gasteiger partial charge in [0.2, 0.25) is 12.5 Å². The molecule has 0 saturated carbocycles. The van der Waals surface area contributed by atoms with Crippen molar-refractivity contribution in [1.29, 1.82) is 0 Å². The minimum absolute atomic E-state index is 0.0418. The number of fused-ring (bicyclic) bond motifs is 4. The number of ether oxygens (including phenoxy) is 4. The van der Waals surface area contributed by atoms with Crippen LogP contribution in [0.5, 0.6) is 23.0 Å². The number of benzene rings is 3. The van der Waals surface area contributed by atoms with Crippen LogP contribution < -0.4 is 29.9 Å². The standard InChI is InChI=1S/C26H18ClNO7/c1-31-18-10-13(11-19-23(18)33-12-32-19)20-21-22(16-4-2-3-5-17(16)34-26(21)30)35-24(20)25(29)28-15-8-6-14(27)7-9-15/h2-11,20,24H,12H2,1H3,(H,28,29)/t20-,24-/m1/s1. The van der Waals surface area contributed by atoms with Gasteiger partial charge in [-0.25, -0.2) is 4.79 Å². The molecule has 0 saturated heterocycles. The monoisotopic (exact) mass is 491 g/mol. The number of hydrogen-bond donors (Lipinski definition) is 1. The summed E-state index contributed by atoms with van der Waals surface area (Å²) in [6, 6.07) is 17.2. The van der Waals surface area contributed by atoms with E-state index in [1.807, 2.05) is 6.07 Å². The average Bonchev–Trinajstić information content (AvgIpc) is 3.50. The maximum absolute atomic E-state index is 13.5. The molecule has 1 amide bonds. The van der Waals surface area contributed by atoms with Crippen LogP contribution in [0.2, 0.25) is 5.02 Å². The summed E-state index contributed by atoms with van der Waals surface area (Å²) in [5.41, 5.74) is 1.17. The largest absolute Gasteiger partial charge is 0.493 e. The molecule has 176 valence electrons. The third kappa shape index (κ3) is 3.54. The predicted molar refractivity (Wildman–Crippen MR) is 128 cm³/mol. The summed E-state index contributed by atoms with van der Waals surface area (Å²) in [4.78, 5) is 26.7. The summed E-state index contributed by atoms with van der Waals surface area (Å²) in [6.45, 7) is 0.0418. The van der Waals surface area contributed by atoms with Gasteiger partial charge in [-0.2, -0.15) is 0 Å². The van der Waals surface area contributed by atoms with Crippen molar-refractivity contribution >= 4 is 34.2 Å². The minimum Gasteiger partial charge on any atom is -0.493 e. The van der Waals surface area contributed by atoms with Crippen LogP contribution in [0.4, 0.5) is 5.69 Å². The maximum atomic E-state index is 13.5. The van der Waals surface area contributed by atoms with E-state index in [0.29, 0.717) is 50.2 Å². The highest BCUT2D eigenvalue weighted by Gasteiger charge is 2.45. The van der Waals surface area contributed by atoms with Gasteiger partial charge in [0.15, 0.2) is 17.6 Å². The molecule has 4 aromatic rings. The molecule has 0 unspecified atom stereocenters. The molecule has 3 heterocycles. The van der Waals surface area contributed by atoms with Gasteiger partial charge in [0.05, 0.1) is 24.0 Å². The molecule has 35 heavy (non-hydrogen) atoms. The first-order valence-corrected chi connectivity index (χ1v) is 11.2. The Morgan fingerprint density at radius 2 is 1.86 bits per heavy atom. The van der Waals surface area contributed by atoms with Crippen LogP contribution in [0.1, 0.15) is 17.0 Å². The summed E-state index contributed by atoms with van der Waals surface area (Å²) in [5.74, 6) is 0.424. The molecule has 0 aliphatic carbocycles. The van der Waals surface area contributed by atoms with Crippen LogP contribution in [-0.2, 0) is 4.79 Å². The molecule has 2 aliphatic heterocycles. The summed E-state index contributed by atoms with van der Waals surface area (Å²) in [6.07, 6.45) is -1.07. The second-order valence-electron chi connectivity index (χ2n) is 8.10. The smallest absolute Gasteiger partial charge is 0.344 e. The number of nitrogens with one attached hydrogen (secondary N) is 1. The Kier molecular flexibility index (Phi) is 5.04. The molecule has 2 atom stereocenters. The van der Waals surface area contributed by atoms with Gasteiger partial charge < -0.3 is 28.7 Å². The predicted octanol–water partition coefficient (Wildman–Crippen LogP) is 4.72. The number of carbonyl (C=O) groups excluding carboxylic acids is 1. The fraction of sp³-hybridized carbons (Fsp3) is 0.154. The minimum atomic E-state index is -1.07. The number of anilines is 1. The van der Waals surface area contributed by atoms with Crippen LogP contribution in [0.25, 0.3) is 11.0 Å². The molecule has 6 rings (SSSR count). The van der Waals surface area contributed by atoms with Crippen molar-refractivity contribution in [2.45, 2.75) is 12.0 Å². The summed E-state index contributed by atoms with van der Waals surface area (Å²) >= 11 is 5.97. The molecule has 2 aliphatic rings. The van der Waals surface area contributed by atoms with Gasteiger partial charge in [0, 0.05) is 10.7 Å². The summed E-state index contributed by atoms with van der Waals surface area (Å²) < 4.78 is 28.4. The summed E-state index contributed by atoms with van der Waals surface area (Å²) in [5, 5.41) is 3.99. The van der Waals surface area contributed by atoms with Crippen molar-refractivity contribution in [2.75, 3.05) is 19.2 Å². The molecular formula is C26H18ClNO7. The van der Waals surface area contributed by atoms with Crippen LogP contribution in [0.3, 0.4) is 0 Å². The Morgan fingerprint density at radius 3 is 2.66 bits per heavy atom. The first-order chi connectivity index (χ1) is 17.0. The number of methoxy groups -OCH3 is 1. The zero-order valence-electron chi connectivity index (χ0n) is 18.4. The number of halogens is 1. The van der Waals surface area contributed by atoms with Crippen LogP contribution in [0, 0.1) is 0 Å². The highest BCUT2D eigenvalue weighted by atomic mass is 35.5. The van der Waals surface area contributed by atoms with Crippen molar-refractivity contribution in [2.24, 2.45) is 0 Å². The molecule has 9 heteroatoms. The lowest BCUT2D eigenvalue weighted by Gasteiger charge is -2.20. The van der Waals surface area contributed by atoms with Gasteiger partial charge in [-0.05, 0) is 54.1 Å². The number of amides is 1. The van der Waals surface area contributed by atoms with E-state index in [4.69, 9.17) is 35.0 Å². The molecule has 0 fully saturated rings. The van der Waals surface area contributed by atoms with Gasteiger partial charge in [-0.3, -0.25) is 4.79 Å². The van der Waals surface area contributed by atoms with E-state index in [9.17, 15) is 9.59 Å². The molecule has 8 nitrogen and oxygen atoms in total. The maximum Gasteiger partial charge on any atom is 0.344 e. The Hall–Kier alpha value is -4.17. The SMILES string of the molecule is COc1cc([C@@H]2c3c(c4ccccc4oc3=O)O[C@H]2C(=O)Nc2ccc(Cl)cc2)cc2c1OCO2. The third-order valence-corrected chi connectivity index (χ3v) is 6.32. The molecule has 0 bridgehead atoms. The molecular weight excluding hydrogens is 474 g/mol. The van der Waals surface area contributed by atoms with E-state index in [1.54, 1.807) is 54.6 Å².